The first-order chi connectivity index (χ1) is 13.8. The van der Waals surface area contributed by atoms with Gasteiger partial charge in [-0.25, -0.2) is 0 Å². The second-order valence-corrected chi connectivity index (χ2v) is 8.91. The average Bonchev–Trinajstić information content (AvgIpc) is 3.34. The van der Waals surface area contributed by atoms with E-state index in [0.717, 1.165) is 32.5 Å². The molecule has 28 heavy (non-hydrogen) atoms. The summed E-state index contributed by atoms with van der Waals surface area (Å²) in [6.07, 6.45) is 4.63. The van der Waals surface area contributed by atoms with Crippen LogP contribution in [0.3, 0.4) is 0 Å². The highest BCUT2D eigenvalue weighted by Gasteiger charge is 2.52. The SMILES string of the molecule is O=C1CSC(C2(N3CCC/C(=C\c4ccccc4)C3)CNc3ccccc32)N1. The number of nitrogens with one attached hydrogen (secondary N) is 2. The van der Waals surface area contributed by atoms with Crippen LogP contribution in [0.15, 0.2) is 60.2 Å². The van der Waals surface area contributed by atoms with Crippen LogP contribution in [0.25, 0.3) is 6.08 Å². The van der Waals surface area contributed by atoms with E-state index in [2.05, 4.69) is 76.2 Å². The van der Waals surface area contributed by atoms with Crippen molar-refractivity contribution in [3.63, 3.8) is 0 Å². The molecule has 2 N–H and O–H groups in total. The molecule has 0 aliphatic carbocycles. The van der Waals surface area contributed by atoms with E-state index in [1.807, 2.05) is 0 Å². The first kappa shape index (κ1) is 17.8. The van der Waals surface area contributed by atoms with Gasteiger partial charge in [-0.3, -0.25) is 9.69 Å². The molecule has 0 aromatic heterocycles. The summed E-state index contributed by atoms with van der Waals surface area (Å²) in [5.41, 5.74) is 5.04. The number of carbonyl (C=O) groups is 1. The molecule has 4 nitrogen and oxygen atoms in total. The molecule has 2 saturated heterocycles. The van der Waals surface area contributed by atoms with Crippen LogP contribution in [-0.2, 0) is 10.3 Å². The largest absolute Gasteiger partial charge is 0.382 e. The summed E-state index contributed by atoms with van der Waals surface area (Å²) in [4.78, 5) is 14.7. The van der Waals surface area contributed by atoms with Crippen LogP contribution < -0.4 is 10.6 Å². The summed E-state index contributed by atoms with van der Waals surface area (Å²) < 4.78 is 0. The van der Waals surface area contributed by atoms with Gasteiger partial charge in [-0.1, -0.05) is 60.2 Å². The number of likely N-dealkylation sites (tertiary alicyclic amines) is 1. The highest BCUT2D eigenvalue weighted by molar-refractivity contribution is 8.01. The van der Waals surface area contributed by atoms with Crippen molar-refractivity contribution in [2.75, 3.05) is 30.7 Å². The fourth-order valence-corrected chi connectivity index (χ4v) is 6.06. The van der Waals surface area contributed by atoms with Gasteiger partial charge < -0.3 is 10.6 Å². The minimum Gasteiger partial charge on any atom is -0.382 e. The molecule has 0 saturated carbocycles. The Hall–Kier alpha value is -2.24. The second kappa shape index (κ2) is 7.30. The topological polar surface area (TPSA) is 44.4 Å². The van der Waals surface area contributed by atoms with Gasteiger partial charge in [0, 0.05) is 24.3 Å². The first-order valence-corrected chi connectivity index (χ1v) is 11.0. The van der Waals surface area contributed by atoms with Crippen LogP contribution in [0.5, 0.6) is 0 Å². The maximum Gasteiger partial charge on any atom is 0.231 e. The fourth-order valence-electron chi connectivity index (χ4n) is 4.81. The lowest BCUT2D eigenvalue weighted by Gasteiger charge is -2.47. The molecule has 1 amide bonds. The van der Waals surface area contributed by atoms with E-state index in [0.29, 0.717) is 5.75 Å². The average molecular weight is 392 g/mol. The van der Waals surface area contributed by atoms with E-state index < -0.39 is 0 Å². The molecule has 3 aliphatic heterocycles. The number of benzene rings is 2. The van der Waals surface area contributed by atoms with E-state index in [4.69, 9.17) is 0 Å². The monoisotopic (exact) mass is 391 g/mol. The lowest BCUT2D eigenvalue weighted by atomic mass is 9.86. The van der Waals surface area contributed by atoms with Gasteiger partial charge in [-0.05, 0) is 31.0 Å². The third kappa shape index (κ3) is 3.03. The molecule has 5 heteroatoms. The number of amides is 1. The number of fused-ring (bicyclic) bond motifs is 1. The smallest absolute Gasteiger partial charge is 0.231 e. The van der Waals surface area contributed by atoms with Crippen molar-refractivity contribution < 1.29 is 4.79 Å². The minimum absolute atomic E-state index is 0.0761. The van der Waals surface area contributed by atoms with E-state index in [1.54, 1.807) is 11.8 Å². The maximum atomic E-state index is 12.1. The Labute approximate surface area is 170 Å². The Balaban J connectivity index is 1.52. The van der Waals surface area contributed by atoms with Gasteiger partial charge in [-0.2, -0.15) is 0 Å². The molecule has 2 unspecified atom stereocenters. The second-order valence-electron chi connectivity index (χ2n) is 7.82. The summed E-state index contributed by atoms with van der Waals surface area (Å²) in [6.45, 7) is 2.83. The van der Waals surface area contributed by atoms with Crippen molar-refractivity contribution in [2.45, 2.75) is 23.8 Å². The van der Waals surface area contributed by atoms with Crippen molar-refractivity contribution in [3.05, 3.63) is 71.3 Å². The quantitative estimate of drug-likeness (QED) is 0.838. The lowest BCUT2D eigenvalue weighted by Crippen LogP contribution is -2.59. The predicted octanol–water partition coefficient (Wildman–Crippen LogP) is 3.68. The summed E-state index contributed by atoms with van der Waals surface area (Å²) in [6, 6.07) is 19.2. The zero-order valence-electron chi connectivity index (χ0n) is 15.9. The Bertz CT molecular complexity index is 913. The third-order valence-electron chi connectivity index (χ3n) is 6.10. The van der Waals surface area contributed by atoms with Crippen LogP contribution >= 0.6 is 11.8 Å². The molecule has 3 heterocycles. The normalized spacial score (nSPS) is 28.8. The van der Waals surface area contributed by atoms with E-state index in [9.17, 15) is 4.79 Å². The number of para-hydroxylation sites is 1. The standard InChI is InChI=1S/C23H25N3OS/c27-21-15-28-22(25-21)23(16-24-20-11-5-4-10-19(20)23)26-12-6-9-18(14-26)13-17-7-2-1-3-8-17/h1-5,7-8,10-11,13,22,24H,6,9,12,14-16H2,(H,25,27)/b18-13+. The van der Waals surface area contributed by atoms with E-state index in [-0.39, 0.29) is 16.8 Å². The van der Waals surface area contributed by atoms with Gasteiger partial charge >= 0.3 is 0 Å². The number of piperidine rings is 1. The molecule has 144 valence electrons. The van der Waals surface area contributed by atoms with Gasteiger partial charge in [-0.15, -0.1) is 11.8 Å². The molecule has 3 aliphatic rings. The highest BCUT2D eigenvalue weighted by atomic mass is 32.2. The van der Waals surface area contributed by atoms with Crippen LogP contribution in [0, 0.1) is 0 Å². The van der Waals surface area contributed by atoms with Gasteiger partial charge in [0.2, 0.25) is 5.91 Å². The molecular formula is C23H25N3OS. The Morgan fingerprint density at radius 2 is 1.93 bits per heavy atom. The van der Waals surface area contributed by atoms with Crippen LogP contribution in [-0.4, -0.2) is 41.6 Å². The van der Waals surface area contributed by atoms with Crippen LogP contribution in [0.4, 0.5) is 5.69 Å². The number of hydrogen-bond donors (Lipinski definition) is 2. The zero-order valence-corrected chi connectivity index (χ0v) is 16.7. The summed E-state index contributed by atoms with van der Waals surface area (Å²) in [7, 11) is 0. The molecule has 0 spiro atoms. The summed E-state index contributed by atoms with van der Waals surface area (Å²) >= 11 is 1.75. The number of hydrogen-bond acceptors (Lipinski definition) is 4. The molecular weight excluding hydrogens is 366 g/mol. The molecule has 2 fully saturated rings. The first-order valence-electron chi connectivity index (χ1n) is 10.00. The van der Waals surface area contributed by atoms with Gasteiger partial charge in [0.05, 0.1) is 16.7 Å². The molecule has 2 aromatic carbocycles. The highest BCUT2D eigenvalue weighted by Crippen LogP contribution is 2.47. The Kier molecular flexibility index (Phi) is 4.65. The molecule has 0 bridgehead atoms. The predicted molar refractivity (Wildman–Crippen MR) is 116 cm³/mol. The number of thioether (sulfide) groups is 1. The van der Waals surface area contributed by atoms with Crippen LogP contribution in [0.1, 0.15) is 24.0 Å². The third-order valence-corrected chi connectivity index (χ3v) is 7.37. The lowest BCUT2D eigenvalue weighted by molar-refractivity contribution is -0.118. The molecule has 2 atom stereocenters. The number of nitrogens with zero attached hydrogens (tertiary/aromatic N) is 1. The minimum atomic E-state index is -0.205. The van der Waals surface area contributed by atoms with Gasteiger partial charge in [0.15, 0.2) is 0 Å². The van der Waals surface area contributed by atoms with Gasteiger partial charge in [0.25, 0.3) is 0 Å². The van der Waals surface area contributed by atoms with Crippen molar-refractivity contribution in [2.24, 2.45) is 0 Å². The van der Waals surface area contributed by atoms with Crippen molar-refractivity contribution in [1.82, 2.24) is 10.2 Å². The van der Waals surface area contributed by atoms with Crippen molar-refractivity contribution in [3.8, 4) is 0 Å². The van der Waals surface area contributed by atoms with Crippen LogP contribution in [0.2, 0.25) is 0 Å². The molecule has 2 aromatic rings. The number of anilines is 1. The summed E-state index contributed by atoms with van der Waals surface area (Å²) in [5.74, 6) is 0.700. The summed E-state index contributed by atoms with van der Waals surface area (Å²) in [5, 5.41) is 6.96. The van der Waals surface area contributed by atoms with Crippen molar-refractivity contribution >= 4 is 29.4 Å². The van der Waals surface area contributed by atoms with E-state index >= 15 is 0 Å². The zero-order chi connectivity index (χ0) is 19.0. The fraction of sp³-hybridized carbons (Fsp3) is 0.348. The van der Waals surface area contributed by atoms with Crippen molar-refractivity contribution in [1.29, 1.82) is 0 Å². The maximum absolute atomic E-state index is 12.1. The number of rotatable bonds is 3. The molecule has 0 radical (unpaired) electrons. The molecule has 5 rings (SSSR count). The van der Waals surface area contributed by atoms with E-state index in [1.165, 1.54) is 22.4 Å². The number of carbonyl (C=O) groups excluding carboxylic acids is 1. The Morgan fingerprint density at radius 3 is 2.75 bits per heavy atom. The van der Waals surface area contributed by atoms with Gasteiger partial charge in [0.1, 0.15) is 0 Å². The Morgan fingerprint density at radius 1 is 1.11 bits per heavy atom.